The van der Waals surface area contributed by atoms with Crippen LogP contribution in [0.5, 0.6) is 11.5 Å². The molecule has 2 amide bonds. The first-order valence-corrected chi connectivity index (χ1v) is 10.1. The fourth-order valence-electron chi connectivity index (χ4n) is 3.84. The predicted octanol–water partition coefficient (Wildman–Crippen LogP) is 3.25. The molecule has 2 aliphatic heterocycles. The second kappa shape index (κ2) is 7.59. The third kappa shape index (κ3) is 3.76. The van der Waals surface area contributed by atoms with Crippen LogP contribution < -0.4 is 20.1 Å². The van der Waals surface area contributed by atoms with Gasteiger partial charge in [-0.3, -0.25) is 9.59 Å². The Morgan fingerprint density at radius 3 is 2.31 bits per heavy atom. The Balaban J connectivity index is 1.49. The molecule has 2 aliphatic rings. The average Bonchev–Trinajstić information content (AvgIpc) is 2.74. The van der Waals surface area contributed by atoms with Crippen molar-refractivity contribution < 1.29 is 19.1 Å². The lowest BCUT2D eigenvalue weighted by Crippen LogP contribution is -2.62. The van der Waals surface area contributed by atoms with Crippen LogP contribution in [0.15, 0.2) is 40.9 Å². The van der Waals surface area contributed by atoms with E-state index in [-0.39, 0.29) is 11.8 Å². The Morgan fingerprint density at radius 1 is 1.03 bits per heavy atom. The first-order chi connectivity index (χ1) is 13.9. The van der Waals surface area contributed by atoms with E-state index >= 15 is 0 Å². The van der Waals surface area contributed by atoms with Crippen molar-refractivity contribution >= 4 is 33.4 Å². The van der Waals surface area contributed by atoms with Crippen molar-refractivity contribution in [2.75, 3.05) is 32.6 Å². The van der Waals surface area contributed by atoms with Crippen molar-refractivity contribution in [2.24, 2.45) is 0 Å². The summed E-state index contributed by atoms with van der Waals surface area (Å²) in [6.45, 7) is 1.05. The first kappa shape index (κ1) is 19.6. The minimum atomic E-state index is -0.541. The van der Waals surface area contributed by atoms with Crippen molar-refractivity contribution in [1.82, 2.24) is 10.2 Å². The maximum Gasteiger partial charge on any atom is 0.255 e. The number of piperidine rings is 1. The van der Waals surface area contributed by atoms with Crippen molar-refractivity contribution in [3.05, 3.63) is 52.0 Å². The van der Waals surface area contributed by atoms with Gasteiger partial charge in [-0.15, -0.1) is 0 Å². The largest absolute Gasteiger partial charge is 0.497 e. The average molecular weight is 460 g/mol. The summed E-state index contributed by atoms with van der Waals surface area (Å²) < 4.78 is 11.4. The number of halogens is 1. The number of methoxy groups -OCH3 is 2. The van der Waals surface area contributed by atoms with Gasteiger partial charge in [0.25, 0.3) is 11.8 Å². The van der Waals surface area contributed by atoms with E-state index in [0.29, 0.717) is 48.6 Å². The number of carbonyl (C=O) groups is 2. The molecule has 0 saturated carbocycles. The van der Waals surface area contributed by atoms with Gasteiger partial charge in [0.05, 0.1) is 19.8 Å². The van der Waals surface area contributed by atoms with Crippen molar-refractivity contribution in [1.29, 1.82) is 0 Å². The molecule has 0 radical (unpaired) electrons. The van der Waals surface area contributed by atoms with Crippen LogP contribution in [-0.2, 0) is 0 Å². The van der Waals surface area contributed by atoms with Gasteiger partial charge in [0.15, 0.2) is 0 Å². The van der Waals surface area contributed by atoms with Gasteiger partial charge in [-0.05, 0) is 30.3 Å². The number of anilines is 1. The van der Waals surface area contributed by atoms with Gasteiger partial charge in [-0.25, -0.2) is 0 Å². The molecule has 2 aromatic carbocycles. The van der Waals surface area contributed by atoms with Crippen LogP contribution in [0.4, 0.5) is 5.69 Å². The lowest BCUT2D eigenvalue weighted by Gasteiger charge is -2.46. The number of amides is 2. The van der Waals surface area contributed by atoms with Gasteiger partial charge in [0, 0.05) is 47.7 Å². The Morgan fingerprint density at radius 2 is 1.69 bits per heavy atom. The molecule has 7 nitrogen and oxygen atoms in total. The number of fused-ring (bicyclic) bond motifs is 1. The van der Waals surface area contributed by atoms with E-state index in [1.165, 1.54) is 0 Å². The number of ether oxygens (including phenoxy) is 2. The molecule has 0 aromatic heterocycles. The molecule has 0 unspecified atom stereocenters. The second-order valence-corrected chi connectivity index (χ2v) is 8.16. The van der Waals surface area contributed by atoms with Crippen molar-refractivity contribution in [3.63, 3.8) is 0 Å². The standard InChI is InChI=1S/C21H22BrN3O4/c1-28-15-9-13(10-16(12-15)29-2)20(27)25-7-5-21(6-8-25)23-18-4-3-14(22)11-17(18)19(26)24-21/h3-4,9-12,23H,5-8H2,1-2H3,(H,24,26). The Kier molecular flexibility index (Phi) is 5.12. The number of nitrogens with zero attached hydrogens (tertiary/aromatic N) is 1. The SMILES string of the molecule is COc1cc(OC)cc(C(=O)N2CCC3(CC2)NC(=O)c2cc(Br)ccc2N3)c1. The van der Waals surface area contributed by atoms with E-state index in [4.69, 9.17) is 9.47 Å². The molecule has 2 aromatic rings. The minimum Gasteiger partial charge on any atom is -0.497 e. The quantitative estimate of drug-likeness (QED) is 0.736. The van der Waals surface area contributed by atoms with Crippen molar-refractivity contribution in [3.8, 4) is 11.5 Å². The lowest BCUT2D eigenvalue weighted by atomic mass is 9.92. The van der Waals surface area contributed by atoms with E-state index in [0.717, 1.165) is 10.2 Å². The third-order valence-electron chi connectivity index (χ3n) is 5.46. The topological polar surface area (TPSA) is 79.9 Å². The summed E-state index contributed by atoms with van der Waals surface area (Å²) in [5.74, 6) is 0.969. The highest BCUT2D eigenvalue weighted by Crippen LogP contribution is 2.33. The molecule has 2 N–H and O–H groups in total. The van der Waals surface area contributed by atoms with Crippen LogP contribution in [0.3, 0.4) is 0 Å². The minimum absolute atomic E-state index is 0.0801. The number of rotatable bonds is 3. The van der Waals surface area contributed by atoms with E-state index < -0.39 is 5.66 Å². The number of carbonyl (C=O) groups excluding carboxylic acids is 2. The molecule has 0 bridgehead atoms. The maximum atomic E-state index is 13.0. The smallest absolute Gasteiger partial charge is 0.255 e. The highest BCUT2D eigenvalue weighted by molar-refractivity contribution is 9.10. The molecule has 152 valence electrons. The summed E-state index contributed by atoms with van der Waals surface area (Å²) in [6, 6.07) is 10.8. The highest BCUT2D eigenvalue weighted by Gasteiger charge is 2.41. The molecule has 0 atom stereocenters. The summed E-state index contributed by atoms with van der Waals surface area (Å²) >= 11 is 3.40. The van der Waals surface area contributed by atoms with Crippen molar-refractivity contribution in [2.45, 2.75) is 18.5 Å². The van der Waals surface area contributed by atoms with Crippen LogP contribution in [-0.4, -0.2) is 49.7 Å². The van der Waals surface area contributed by atoms with Gasteiger partial charge in [-0.2, -0.15) is 0 Å². The molecule has 4 rings (SSSR count). The zero-order chi connectivity index (χ0) is 20.6. The summed E-state index contributed by atoms with van der Waals surface area (Å²) in [6.07, 6.45) is 1.22. The maximum absolute atomic E-state index is 13.0. The predicted molar refractivity (Wildman–Crippen MR) is 113 cm³/mol. The fourth-order valence-corrected chi connectivity index (χ4v) is 4.20. The van der Waals surface area contributed by atoms with Crippen LogP contribution in [0, 0.1) is 0 Å². The van der Waals surface area contributed by atoms with E-state index in [1.807, 2.05) is 12.1 Å². The first-order valence-electron chi connectivity index (χ1n) is 9.36. The van der Waals surface area contributed by atoms with Gasteiger partial charge >= 0.3 is 0 Å². The van der Waals surface area contributed by atoms with Crippen LogP contribution in [0.1, 0.15) is 33.6 Å². The van der Waals surface area contributed by atoms with E-state index in [1.54, 1.807) is 43.4 Å². The molecule has 1 fully saturated rings. The van der Waals surface area contributed by atoms with Gasteiger partial charge < -0.3 is 25.0 Å². The molecule has 1 saturated heterocycles. The normalized spacial score (nSPS) is 17.2. The Labute approximate surface area is 177 Å². The molecule has 8 heteroatoms. The summed E-state index contributed by atoms with van der Waals surface area (Å²) in [7, 11) is 3.11. The van der Waals surface area contributed by atoms with Crippen LogP contribution in [0.25, 0.3) is 0 Å². The Bertz CT molecular complexity index is 948. The van der Waals surface area contributed by atoms with Crippen LogP contribution in [0.2, 0.25) is 0 Å². The molecule has 1 spiro atoms. The number of hydrogen-bond acceptors (Lipinski definition) is 5. The number of nitrogens with one attached hydrogen (secondary N) is 2. The van der Waals surface area contributed by atoms with Gasteiger partial charge in [0.2, 0.25) is 0 Å². The monoisotopic (exact) mass is 459 g/mol. The van der Waals surface area contributed by atoms with Gasteiger partial charge in [-0.1, -0.05) is 15.9 Å². The second-order valence-electron chi connectivity index (χ2n) is 7.24. The number of likely N-dealkylation sites (tertiary alicyclic amines) is 1. The lowest BCUT2D eigenvalue weighted by molar-refractivity contribution is 0.0639. The fraction of sp³-hybridized carbons (Fsp3) is 0.333. The number of hydrogen-bond donors (Lipinski definition) is 2. The van der Waals surface area contributed by atoms with Crippen LogP contribution >= 0.6 is 15.9 Å². The summed E-state index contributed by atoms with van der Waals surface area (Å²) in [5.41, 5.74) is 1.41. The highest BCUT2D eigenvalue weighted by atomic mass is 79.9. The summed E-state index contributed by atoms with van der Waals surface area (Å²) in [4.78, 5) is 27.4. The molecular formula is C21H22BrN3O4. The molecule has 2 heterocycles. The van der Waals surface area contributed by atoms with Gasteiger partial charge in [0.1, 0.15) is 17.2 Å². The van der Waals surface area contributed by atoms with E-state index in [2.05, 4.69) is 26.6 Å². The van der Waals surface area contributed by atoms with E-state index in [9.17, 15) is 9.59 Å². The molecule has 0 aliphatic carbocycles. The molecule has 29 heavy (non-hydrogen) atoms. The zero-order valence-electron chi connectivity index (χ0n) is 16.3. The third-order valence-corrected chi connectivity index (χ3v) is 5.95. The zero-order valence-corrected chi connectivity index (χ0v) is 17.8. The molecular weight excluding hydrogens is 438 g/mol. The number of benzene rings is 2. The Hall–Kier alpha value is -2.74. The summed E-state index contributed by atoms with van der Waals surface area (Å²) in [5, 5.41) is 6.58.